The van der Waals surface area contributed by atoms with Crippen LogP contribution in [0.3, 0.4) is 0 Å². The van der Waals surface area contributed by atoms with Gasteiger partial charge in [-0.2, -0.15) is 17.2 Å². The summed E-state index contributed by atoms with van der Waals surface area (Å²) in [5, 5.41) is 41.0. The second-order valence-corrected chi connectivity index (χ2v) is 43.8. The summed E-state index contributed by atoms with van der Waals surface area (Å²) in [5.41, 5.74) is 5.61. The average Bonchev–Trinajstić information content (AvgIpc) is 1.41. The molecular weight excluding hydrogens is 2170 g/mol. The van der Waals surface area contributed by atoms with Gasteiger partial charge in [-0.3, -0.25) is 54.6 Å². The largest absolute Gasteiger partial charge is 0.451 e. The van der Waals surface area contributed by atoms with Crippen molar-refractivity contribution < 1.29 is 152 Å². The van der Waals surface area contributed by atoms with E-state index in [4.69, 9.17) is 75.3 Å². The molecule has 0 saturated carbocycles. The molecule has 7 aliphatic heterocycles. The topological polar surface area (TPSA) is 499 Å². The lowest BCUT2D eigenvalue weighted by molar-refractivity contribution is -0.136. The molecule has 8 aromatic carbocycles. The minimum absolute atomic E-state index is 0.000410. The number of nitrogens with one attached hydrogen (secondary N) is 5. The molecule has 58 heteroatoms. The van der Waals surface area contributed by atoms with Crippen molar-refractivity contribution in [1.82, 2.24) is 83.7 Å². The third kappa shape index (κ3) is 29.6. The summed E-state index contributed by atoms with van der Waals surface area (Å²) in [6.07, 6.45) is 3.88. The fraction of sp³-hybridized carbons (Fsp3) is 0.391. The van der Waals surface area contributed by atoms with E-state index in [1.165, 1.54) is 129 Å². The summed E-state index contributed by atoms with van der Waals surface area (Å²) < 4.78 is 254. The van der Waals surface area contributed by atoms with Crippen LogP contribution in [-0.4, -0.2) is 353 Å². The third-order valence-electron chi connectivity index (χ3n) is 24.6. The number of amides is 9. The zero-order valence-electron chi connectivity index (χ0n) is 79.8. The molecule has 0 aromatic heterocycles. The Kier molecular flexibility index (Phi) is 40.9. The zero-order chi connectivity index (χ0) is 109. The first-order valence-electron chi connectivity index (χ1n) is 46.2. The van der Waals surface area contributed by atoms with E-state index in [0.29, 0.717) is 127 Å². The maximum absolute atomic E-state index is 14.8. The molecule has 0 spiro atoms. The fourth-order valence-electron chi connectivity index (χ4n) is 16.6. The maximum Gasteiger partial charge on any atom is 0.409 e. The number of sulfonamides is 4. The first kappa shape index (κ1) is 117. The van der Waals surface area contributed by atoms with Crippen molar-refractivity contribution in [3.8, 4) is 46.0 Å². The Balaban J connectivity index is 0.000000177. The molecule has 9 N–H and O–H groups in total. The number of Topliss-reactive ketones (excluding diaryl/α,β-unsaturated/α-hetero) is 1. The van der Waals surface area contributed by atoms with Gasteiger partial charge >= 0.3 is 18.2 Å². The smallest absolute Gasteiger partial charge is 0.409 e. The van der Waals surface area contributed by atoms with Crippen LogP contribution >= 0.6 is 46.4 Å². The van der Waals surface area contributed by atoms with Crippen LogP contribution in [0.25, 0.3) is 0 Å². The van der Waals surface area contributed by atoms with Crippen molar-refractivity contribution in [2.75, 3.05) is 171 Å². The van der Waals surface area contributed by atoms with Crippen molar-refractivity contribution in [3.05, 3.63) is 212 Å². The van der Waals surface area contributed by atoms with Crippen LogP contribution in [0.1, 0.15) is 39.0 Å². The number of benzene rings is 8. The Morgan fingerprint density at radius 1 is 0.347 bits per heavy atom. The quantitative estimate of drug-likeness (QED) is 0.0120. The highest BCUT2D eigenvalue weighted by molar-refractivity contribution is 7.90. The van der Waals surface area contributed by atoms with Crippen LogP contribution in [0.2, 0.25) is 20.1 Å². The van der Waals surface area contributed by atoms with E-state index in [0.717, 1.165) is 61.1 Å². The molecule has 7 saturated heterocycles. The number of halogens is 12. The van der Waals surface area contributed by atoms with E-state index < -0.39 is 202 Å². The van der Waals surface area contributed by atoms with Crippen molar-refractivity contribution in [2.45, 2.75) is 82.8 Å². The minimum atomic E-state index is -4.66. The number of nitrogens with zero attached hydrogens (tertiary/aromatic N) is 12. The van der Waals surface area contributed by atoms with E-state index in [1.54, 1.807) is 16.7 Å². The monoisotopic (exact) mass is 2270 g/mol. The van der Waals surface area contributed by atoms with Crippen molar-refractivity contribution in [2.24, 2.45) is 0 Å². The lowest BCUT2D eigenvalue weighted by Gasteiger charge is -2.42. The predicted octanol–water partition coefficient (Wildman–Crippen LogP) is 9.75. The minimum Gasteiger partial charge on any atom is -0.451 e. The molecule has 8 aromatic rings. The Labute approximate surface area is 875 Å². The molecule has 4 atom stereocenters. The van der Waals surface area contributed by atoms with Gasteiger partial charge in [-0.15, -0.1) is 0 Å². The van der Waals surface area contributed by atoms with Gasteiger partial charge in [0, 0.05) is 151 Å². The Morgan fingerprint density at radius 2 is 0.620 bits per heavy atom. The SMILES string of the molecule is CCC(=O)CN1CCN(S(=O)(=O)c2cc(F)c(Oc3ccc(Cl)cc3)c(F)c2)[C@@H](C(=O)NO)C1.CN1CCN(C(=O)N2CCN(S(=O)(=O)c3cc(F)c(Oc4ccc(Cl)cc4)c(F)c3)[C@@H](C(=O)NO)C2)CC1.O=C(NO)[C@H]1CN(C(=O)NCCN2CCCC2)CCN1S(=O)(=O)c1cc(F)c(Oc2ccc(Cl)cc2)c(F)c1.O=C(NO)[C@H]1CN(C(=O)OCCN2CCCC2)CCN1S(=O)(=O)c1cc(F)c(Oc2ccc(Cl)cc2)c(F)c1. The number of rotatable bonds is 29. The van der Waals surface area contributed by atoms with E-state index in [2.05, 4.69) is 20.0 Å². The molecule has 7 heterocycles. The number of hydrogen-bond acceptors (Lipinski definition) is 29. The van der Waals surface area contributed by atoms with Crippen molar-refractivity contribution in [1.29, 1.82) is 0 Å². The number of carbonyl (C=O) groups excluding carboxylic acids is 8. The number of likely N-dealkylation sites (tertiary alicyclic amines) is 2. The van der Waals surface area contributed by atoms with Crippen molar-refractivity contribution >= 4 is 134 Å². The van der Waals surface area contributed by atoms with Crippen LogP contribution in [0.15, 0.2) is 165 Å². The zero-order valence-corrected chi connectivity index (χ0v) is 86.1. The van der Waals surface area contributed by atoms with Gasteiger partial charge in [0.15, 0.2) is 69.5 Å². The molecule has 0 radical (unpaired) electrons. The molecule has 15 rings (SSSR count). The Bertz CT molecular complexity index is 6390. The lowest BCUT2D eigenvalue weighted by Crippen LogP contribution is -2.63. The molecule has 0 aliphatic carbocycles. The second-order valence-electron chi connectivity index (χ2n) is 34.5. The molecule has 150 heavy (non-hydrogen) atoms. The molecule has 7 fully saturated rings. The van der Waals surface area contributed by atoms with Crippen LogP contribution < -0.4 is 46.2 Å². The highest BCUT2D eigenvalue weighted by Gasteiger charge is 2.48. The van der Waals surface area contributed by atoms with E-state index >= 15 is 0 Å². The van der Waals surface area contributed by atoms with Gasteiger partial charge in [-0.25, -0.2) is 105 Å². The van der Waals surface area contributed by atoms with Gasteiger partial charge in [0.05, 0.1) is 26.1 Å². The summed E-state index contributed by atoms with van der Waals surface area (Å²) >= 11 is 23.1. The predicted molar refractivity (Wildman–Crippen MR) is 519 cm³/mol. The van der Waals surface area contributed by atoms with E-state index in [-0.39, 0.29) is 120 Å². The molecule has 0 bridgehead atoms. The number of piperazine rings is 5. The number of likely N-dealkylation sites (N-methyl/N-ethyl adjacent to an activating group) is 1. The number of carbonyl (C=O) groups is 8. The van der Waals surface area contributed by atoms with E-state index in [1.807, 2.05) is 7.05 Å². The fourth-order valence-corrected chi connectivity index (χ4v) is 23.5. The number of hydroxylamine groups is 4. The molecule has 814 valence electrons. The molecule has 7 aliphatic rings. The van der Waals surface area contributed by atoms with Crippen LogP contribution in [0.5, 0.6) is 46.0 Å². The number of urea groups is 2. The maximum atomic E-state index is 14.8. The van der Waals surface area contributed by atoms with Crippen LogP contribution in [-0.2, 0) is 68.8 Å². The third-order valence-corrected chi connectivity index (χ3v) is 33.2. The van der Waals surface area contributed by atoms with Crippen LogP contribution in [0, 0.1) is 46.5 Å². The number of ketones is 1. The normalized spacial score (nSPS) is 18.5. The number of ether oxygens (including phenoxy) is 5. The van der Waals surface area contributed by atoms with Gasteiger partial charge in [0.1, 0.15) is 59.6 Å². The van der Waals surface area contributed by atoms with Crippen molar-refractivity contribution in [3.63, 3.8) is 0 Å². The lowest BCUT2D eigenvalue weighted by atomic mass is 10.2. The van der Waals surface area contributed by atoms with Gasteiger partial charge in [0.25, 0.3) is 23.6 Å². The molecular formula is C92H103Cl4F8N17O25S4. The second kappa shape index (κ2) is 52.5. The molecule has 42 nitrogen and oxygen atoms in total. The van der Waals surface area contributed by atoms with Gasteiger partial charge in [0.2, 0.25) is 40.1 Å². The summed E-state index contributed by atoms with van der Waals surface area (Å²) in [6, 6.07) is 20.3. The first-order valence-corrected chi connectivity index (χ1v) is 53.4. The Morgan fingerprint density at radius 3 is 0.933 bits per heavy atom. The number of hydrogen-bond donors (Lipinski definition) is 9. The molecule has 0 unspecified atom stereocenters. The highest BCUT2D eigenvalue weighted by Crippen LogP contribution is 2.40. The summed E-state index contributed by atoms with van der Waals surface area (Å²) in [6.45, 7) is 6.45. The molecule has 9 amide bonds. The van der Waals surface area contributed by atoms with E-state index in [9.17, 15) is 123 Å². The highest BCUT2D eigenvalue weighted by atomic mass is 35.5. The van der Waals surface area contributed by atoms with Gasteiger partial charge < -0.3 is 58.4 Å². The Hall–Kier alpha value is -11.8. The first-order chi connectivity index (χ1) is 71.3. The van der Waals surface area contributed by atoms with Gasteiger partial charge in [-0.1, -0.05) is 53.3 Å². The standard InChI is InChI=1S/C24H28ClF2N5O6S.C24H27ClF2N4O7S.C23H26ClF2N5O6S.C21H22ClF2N3O6S/c25-16-3-5-17(6-4-16)38-22-19(26)13-18(14-20(22)27)39(36,37)32-12-11-31(15-21(32)23(33)29-35)24(34)28-7-10-30-8-1-2-9-30;25-16-3-5-17(6-4-16)38-22-19(26)13-18(14-20(22)27)39(35,36)31-10-9-30(15-21(31)23(32)28-34)24(33)37-12-11-29-7-1-2-8-29;1-28-6-8-29(9-7-28)23(33)30-10-11-31(20(14-30)22(32)27-34)38(35,36)17-12-18(25)21(19(26)13-17)37-16-4-2-15(24)3-5-16;1-2-14(28)11-26-7-8-27(19(12-26)21(29)25-30)34(31,32)16-9-17(23)20(18(24)10-16)33-15-5-3-13(22)4-6-15/h3-6,13-14,21,35H,1-2,7-12,15H2,(H,28,34)(H,29,33);3-6,13-14,21,34H,1-2,7-12,15H2,(H,28,32);2-5,12-13,20,34H,6-11,14H2,1H3,(H,27,32);3-6,9-10,19,30H,2,7-8,11-12H2,1H3,(H,25,29)/t2*21-;20-;19-/m1111/s1. The van der Waals surface area contributed by atoms with Gasteiger partial charge in [-0.05, 0) is 205 Å². The average molecular weight is 2270 g/mol. The summed E-state index contributed by atoms with van der Waals surface area (Å²) in [5.74, 6) is -17.8. The summed E-state index contributed by atoms with van der Waals surface area (Å²) in [4.78, 5) is 110. The van der Waals surface area contributed by atoms with Crippen LogP contribution in [0.4, 0.5) is 49.5 Å². The summed E-state index contributed by atoms with van der Waals surface area (Å²) in [7, 11) is -16.6.